The van der Waals surface area contributed by atoms with Gasteiger partial charge < -0.3 is 14.9 Å². The van der Waals surface area contributed by atoms with Crippen LogP contribution in [-0.4, -0.2) is 59.5 Å². The van der Waals surface area contributed by atoms with Crippen molar-refractivity contribution in [3.05, 3.63) is 0 Å². The highest BCUT2D eigenvalue weighted by Crippen LogP contribution is 2.14. The summed E-state index contributed by atoms with van der Waals surface area (Å²) in [5.74, 6) is -0.951. The number of hydrogen-bond acceptors (Lipinski definition) is 4. The third kappa shape index (κ3) is 6.00. The fourth-order valence-electron chi connectivity index (χ4n) is 2.16. The zero-order valence-corrected chi connectivity index (χ0v) is 10.5. The molecule has 2 unspecified atom stereocenters. The van der Waals surface area contributed by atoms with Crippen LogP contribution in [0.15, 0.2) is 0 Å². The Labute approximate surface area is 102 Å². The molecule has 5 nitrogen and oxygen atoms in total. The number of hydrogen-bond donors (Lipinski definition) is 2. The highest BCUT2D eigenvalue weighted by Gasteiger charge is 2.22. The maximum absolute atomic E-state index is 10.5. The first kappa shape index (κ1) is 14.4. The van der Waals surface area contributed by atoms with Crippen molar-refractivity contribution >= 4 is 5.97 Å². The molecule has 0 aromatic heterocycles. The fourth-order valence-corrected chi connectivity index (χ4v) is 2.16. The normalized spacial score (nSPS) is 23.5. The second kappa shape index (κ2) is 7.63. The summed E-state index contributed by atoms with van der Waals surface area (Å²) in [5, 5.41) is 18.1. The van der Waals surface area contributed by atoms with E-state index in [0.717, 1.165) is 39.0 Å². The van der Waals surface area contributed by atoms with Crippen LogP contribution in [0.4, 0.5) is 0 Å². The Hall–Kier alpha value is -0.650. The molecule has 1 aliphatic heterocycles. The van der Waals surface area contributed by atoms with Gasteiger partial charge >= 0.3 is 5.97 Å². The van der Waals surface area contributed by atoms with Crippen molar-refractivity contribution in [2.24, 2.45) is 0 Å². The van der Waals surface area contributed by atoms with Gasteiger partial charge in [0, 0.05) is 19.7 Å². The molecule has 1 rings (SSSR count). The molecule has 1 fully saturated rings. The van der Waals surface area contributed by atoms with Crippen molar-refractivity contribution < 1.29 is 19.7 Å². The van der Waals surface area contributed by atoms with Crippen molar-refractivity contribution in [3.63, 3.8) is 0 Å². The number of carboxylic acids is 1. The lowest BCUT2D eigenvalue weighted by molar-refractivity contribution is -0.139. The largest absolute Gasteiger partial charge is 0.481 e. The molecule has 0 aromatic carbocycles. The monoisotopic (exact) mass is 245 g/mol. The third-order valence-corrected chi connectivity index (χ3v) is 2.90. The summed E-state index contributed by atoms with van der Waals surface area (Å²) in [6, 6.07) is 0. The summed E-state index contributed by atoms with van der Waals surface area (Å²) >= 11 is 0. The average Bonchev–Trinajstić information content (AvgIpc) is 2.25. The number of aliphatic hydroxyl groups excluding tert-OH is 1. The molecule has 0 bridgehead atoms. The summed E-state index contributed by atoms with van der Waals surface area (Å²) in [5.41, 5.74) is 0. The maximum atomic E-state index is 10.5. The van der Waals surface area contributed by atoms with Gasteiger partial charge in [0.2, 0.25) is 0 Å². The zero-order chi connectivity index (χ0) is 12.7. The molecule has 1 aliphatic rings. The standard InChI is InChI=1S/C12H23NO4/c1-2-6-17-11-4-3-5-13(9-11)8-10(14)7-12(15)16/h10-11,14H,2-9H2,1H3,(H,15,16). The van der Waals surface area contributed by atoms with E-state index in [1.54, 1.807) is 0 Å². The molecule has 0 aliphatic carbocycles. The molecule has 2 atom stereocenters. The van der Waals surface area contributed by atoms with Crippen LogP contribution in [0, 0.1) is 0 Å². The number of carboxylic acid groups (broad SMARTS) is 1. The van der Waals surface area contributed by atoms with E-state index in [0.29, 0.717) is 6.54 Å². The average molecular weight is 245 g/mol. The smallest absolute Gasteiger partial charge is 0.306 e. The number of rotatable bonds is 7. The van der Waals surface area contributed by atoms with Crippen LogP contribution in [0.3, 0.4) is 0 Å². The van der Waals surface area contributed by atoms with Crippen LogP contribution in [0.25, 0.3) is 0 Å². The molecule has 17 heavy (non-hydrogen) atoms. The van der Waals surface area contributed by atoms with Gasteiger partial charge in [-0.1, -0.05) is 6.92 Å². The quantitative estimate of drug-likeness (QED) is 0.691. The van der Waals surface area contributed by atoms with E-state index in [-0.39, 0.29) is 12.5 Å². The lowest BCUT2D eigenvalue weighted by Crippen LogP contribution is -2.43. The SMILES string of the molecule is CCCOC1CCCN(CC(O)CC(=O)O)C1. The summed E-state index contributed by atoms with van der Waals surface area (Å²) in [7, 11) is 0. The van der Waals surface area contributed by atoms with Crippen LogP contribution >= 0.6 is 0 Å². The van der Waals surface area contributed by atoms with Crippen LogP contribution in [0.1, 0.15) is 32.6 Å². The second-order valence-corrected chi connectivity index (χ2v) is 4.65. The van der Waals surface area contributed by atoms with Gasteiger partial charge in [-0.2, -0.15) is 0 Å². The van der Waals surface area contributed by atoms with Gasteiger partial charge in [0.1, 0.15) is 0 Å². The molecule has 1 saturated heterocycles. The van der Waals surface area contributed by atoms with Gasteiger partial charge in [0.25, 0.3) is 0 Å². The van der Waals surface area contributed by atoms with E-state index < -0.39 is 12.1 Å². The summed E-state index contributed by atoms with van der Waals surface area (Å²) in [6.45, 7) is 5.00. The first-order valence-corrected chi connectivity index (χ1v) is 6.35. The first-order chi connectivity index (χ1) is 8.11. The number of ether oxygens (including phenoxy) is 1. The van der Waals surface area contributed by atoms with Gasteiger partial charge in [-0.15, -0.1) is 0 Å². The van der Waals surface area contributed by atoms with Crippen molar-refractivity contribution in [2.75, 3.05) is 26.2 Å². The highest BCUT2D eigenvalue weighted by molar-refractivity contribution is 5.67. The molecule has 0 radical (unpaired) electrons. The van der Waals surface area contributed by atoms with Gasteiger partial charge in [0.15, 0.2) is 0 Å². The van der Waals surface area contributed by atoms with E-state index in [1.165, 1.54) is 0 Å². The van der Waals surface area contributed by atoms with E-state index in [4.69, 9.17) is 9.84 Å². The Morgan fingerprint density at radius 3 is 3.00 bits per heavy atom. The maximum Gasteiger partial charge on any atom is 0.306 e. The van der Waals surface area contributed by atoms with Crippen molar-refractivity contribution in [3.8, 4) is 0 Å². The molecule has 0 saturated carbocycles. The summed E-state index contributed by atoms with van der Waals surface area (Å²) in [4.78, 5) is 12.5. The summed E-state index contributed by atoms with van der Waals surface area (Å²) < 4.78 is 5.69. The van der Waals surface area contributed by atoms with Crippen molar-refractivity contribution in [1.82, 2.24) is 4.90 Å². The molecule has 0 amide bonds. The number of aliphatic hydroxyl groups is 1. The van der Waals surface area contributed by atoms with E-state index in [1.807, 2.05) is 0 Å². The lowest BCUT2D eigenvalue weighted by Gasteiger charge is -2.33. The van der Waals surface area contributed by atoms with Crippen LogP contribution in [-0.2, 0) is 9.53 Å². The number of β-amino-alcohol motifs (C(OH)–C–C–N with tert-alkyl or cyclic N) is 1. The topological polar surface area (TPSA) is 70.0 Å². The molecule has 2 N–H and O–H groups in total. The second-order valence-electron chi connectivity index (χ2n) is 4.65. The molecule has 0 aromatic rings. The molecule has 5 heteroatoms. The predicted molar refractivity (Wildman–Crippen MR) is 64.0 cm³/mol. The number of carbonyl (C=O) groups is 1. The lowest BCUT2D eigenvalue weighted by atomic mass is 10.1. The Morgan fingerprint density at radius 1 is 1.59 bits per heavy atom. The van der Waals surface area contributed by atoms with Crippen molar-refractivity contribution in [1.29, 1.82) is 0 Å². The van der Waals surface area contributed by atoms with Crippen LogP contribution in [0.2, 0.25) is 0 Å². The third-order valence-electron chi connectivity index (χ3n) is 2.90. The van der Waals surface area contributed by atoms with E-state index in [9.17, 15) is 9.90 Å². The highest BCUT2D eigenvalue weighted by atomic mass is 16.5. The molecular weight excluding hydrogens is 222 g/mol. The molecule has 0 spiro atoms. The van der Waals surface area contributed by atoms with Gasteiger partial charge in [0.05, 0.1) is 18.6 Å². The number of aliphatic carboxylic acids is 1. The molecular formula is C12H23NO4. The number of piperidine rings is 1. The number of nitrogens with zero attached hydrogens (tertiary/aromatic N) is 1. The Balaban J connectivity index is 2.26. The minimum absolute atomic E-state index is 0.184. The summed E-state index contributed by atoms with van der Waals surface area (Å²) in [6.07, 6.45) is 2.40. The minimum Gasteiger partial charge on any atom is -0.481 e. The Bertz CT molecular complexity index is 235. The van der Waals surface area contributed by atoms with Crippen LogP contribution in [0.5, 0.6) is 0 Å². The van der Waals surface area contributed by atoms with Gasteiger partial charge in [-0.05, 0) is 25.8 Å². The first-order valence-electron chi connectivity index (χ1n) is 6.35. The molecule has 100 valence electrons. The Morgan fingerprint density at radius 2 is 2.35 bits per heavy atom. The van der Waals surface area contributed by atoms with Crippen molar-refractivity contribution in [2.45, 2.75) is 44.8 Å². The minimum atomic E-state index is -0.951. The van der Waals surface area contributed by atoms with E-state index in [2.05, 4.69) is 11.8 Å². The number of likely N-dealkylation sites (tertiary alicyclic amines) is 1. The molecule has 1 heterocycles. The zero-order valence-electron chi connectivity index (χ0n) is 10.5. The van der Waals surface area contributed by atoms with Gasteiger partial charge in [-0.25, -0.2) is 0 Å². The van der Waals surface area contributed by atoms with Crippen LogP contribution < -0.4 is 0 Å². The van der Waals surface area contributed by atoms with Gasteiger partial charge in [-0.3, -0.25) is 9.69 Å². The predicted octanol–water partition coefficient (Wildman–Crippen LogP) is 0.713. The fraction of sp³-hybridized carbons (Fsp3) is 0.917. The van der Waals surface area contributed by atoms with E-state index >= 15 is 0 Å². The Kier molecular flexibility index (Phi) is 6.47.